The summed E-state index contributed by atoms with van der Waals surface area (Å²) in [6.07, 6.45) is 3.44. The lowest BCUT2D eigenvalue weighted by Gasteiger charge is -2.37. The highest BCUT2D eigenvalue weighted by Crippen LogP contribution is 2.25. The van der Waals surface area contributed by atoms with Gasteiger partial charge in [0, 0.05) is 6.04 Å². The van der Waals surface area contributed by atoms with Crippen LogP contribution < -0.4 is 5.32 Å². The summed E-state index contributed by atoms with van der Waals surface area (Å²) in [6, 6.07) is 0.503. The molecule has 1 aliphatic rings. The monoisotopic (exact) mass is 243 g/mol. The lowest BCUT2D eigenvalue weighted by molar-refractivity contribution is -0.147. The van der Waals surface area contributed by atoms with E-state index in [1.165, 1.54) is 0 Å². The van der Waals surface area contributed by atoms with Gasteiger partial charge in [0.15, 0.2) is 0 Å². The van der Waals surface area contributed by atoms with E-state index in [1.54, 1.807) is 13.8 Å². The molecule has 0 saturated heterocycles. The van der Waals surface area contributed by atoms with Gasteiger partial charge in [-0.25, -0.2) is 0 Å². The van der Waals surface area contributed by atoms with Crippen molar-refractivity contribution in [1.29, 1.82) is 0 Å². The zero-order valence-corrected chi connectivity index (χ0v) is 11.3. The van der Waals surface area contributed by atoms with E-state index in [1.807, 2.05) is 0 Å². The first-order chi connectivity index (χ1) is 7.81. The van der Waals surface area contributed by atoms with Crippen molar-refractivity contribution in [2.24, 2.45) is 5.41 Å². The highest BCUT2D eigenvalue weighted by molar-refractivity contribution is 5.73. The fourth-order valence-electron chi connectivity index (χ4n) is 1.92. The Kier molecular flexibility index (Phi) is 4.95. The number of aliphatic carboxylic acids is 1. The molecule has 1 saturated carbocycles. The van der Waals surface area contributed by atoms with Crippen LogP contribution in [0.3, 0.4) is 0 Å². The number of hydrogen-bond acceptors (Lipinski definition) is 3. The summed E-state index contributed by atoms with van der Waals surface area (Å²) < 4.78 is 5.67. The molecule has 0 spiro atoms. The van der Waals surface area contributed by atoms with Crippen LogP contribution >= 0.6 is 0 Å². The summed E-state index contributed by atoms with van der Waals surface area (Å²) in [7, 11) is 0. The molecule has 0 radical (unpaired) electrons. The molecule has 100 valence electrons. The van der Waals surface area contributed by atoms with E-state index in [0.717, 1.165) is 19.4 Å². The topological polar surface area (TPSA) is 58.6 Å². The van der Waals surface area contributed by atoms with Crippen molar-refractivity contribution in [2.45, 2.75) is 65.2 Å². The van der Waals surface area contributed by atoms with Gasteiger partial charge in [-0.15, -0.1) is 0 Å². The average molecular weight is 243 g/mol. The van der Waals surface area contributed by atoms with E-state index in [0.29, 0.717) is 24.7 Å². The maximum Gasteiger partial charge on any atom is 0.309 e. The molecule has 0 bridgehead atoms. The standard InChI is InChI=1S/C13H25NO3/c1-9(2)17-11-7-10(8-11)14-6-5-13(3,4)12(15)16/h9-11,14H,5-8H2,1-4H3,(H,15,16). The zero-order valence-electron chi connectivity index (χ0n) is 11.3. The van der Waals surface area contributed by atoms with Gasteiger partial charge in [-0.2, -0.15) is 0 Å². The lowest BCUT2D eigenvalue weighted by Crippen LogP contribution is -2.47. The van der Waals surface area contributed by atoms with Gasteiger partial charge in [-0.3, -0.25) is 4.79 Å². The Morgan fingerprint density at radius 3 is 2.53 bits per heavy atom. The van der Waals surface area contributed by atoms with Crippen molar-refractivity contribution >= 4 is 5.97 Å². The fourth-order valence-corrected chi connectivity index (χ4v) is 1.92. The van der Waals surface area contributed by atoms with Crippen LogP contribution in [0.25, 0.3) is 0 Å². The fraction of sp³-hybridized carbons (Fsp3) is 0.923. The minimum Gasteiger partial charge on any atom is -0.481 e. The quantitative estimate of drug-likeness (QED) is 0.718. The van der Waals surface area contributed by atoms with Crippen molar-refractivity contribution in [3.63, 3.8) is 0 Å². The molecule has 0 aromatic carbocycles. The molecule has 1 rings (SSSR count). The van der Waals surface area contributed by atoms with Gasteiger partial charge >= 0.3 is 5.97 Å². The van der Waals surface area contributed by atoms with E-state index in [-0.39, 0.29) is 0 Å². The lowest BCUT2D eigenvalue weighted by atomic mass is 9.87. The van der Waals surface area contributed by atoms with Gasteiger partial charge in [0.25, 0.3) is 0 Å². The SMILES string of the molecule is CC(C)OC1CC(NCCC(C)(C)C(=O)O)C1. The highest BCUT2D eigenvalue weighted by atomic mass is 16.5. The van der Waals surface area contributed by atoms with Crippen molar-refractivity contribution in [1.82, 2.24) is 5.32 Å². The summed E-state index contributed by atoms with van der Waals surface area (Å²) in [5, 5.41) is 12.4. The number of carboxylic acid groups (broad SMARTS) is 1. The highest BCUT2D eigenvalue weighted by Gasteiger charge is 2.31. The Labute approximate surface area is 104 Å². The van der Waals surface area contributed by atoms with E-state index in [4.69, 9.17) is 9.84 Å². The molecule has 0 aromatic heterocycles. The molecule has 0 amide bonds. The number of hydrogen-bond donors (Lipinski definition) is 2. The van der Waals surface area contributed by atoms with Crippen LogP contribution in [0.1, 0.15) is 47.0 Å². The Bertz CT molecular complexity index is 257. The number of carbonyl (C=O) groups is 1. The zero-order chi connectivity index (χ0) is 13.1. The minimum atomic E-state index is -0.728. The first-order valence-corrected chi connectivity index (χ1v) is 6.43. The van der Waals surface area contributed by atoms with Crippen LogP contribution in [0.2, 0.25) is 0 Å². The molecule has 0 unspecified atom stereocenters. The number of rotatable bonds is 7. The van der Waals surface area contributed by atoms with Crippen LogP contribution in [0.4, 0.5) is 0 Å². The Morgan fingerprint density at radius 1 is 1.47 bits per heavy atom. The Hall–Kier alpha value is -0.610. The molecule has 0 aliphatic heterocycles. The van der Waals surface area contributed by atoms with Crippen molar-refractivity contribution < 1.29 is 14.6 Å². The molecule has 4 nitrogen and oxygen atoms in total. The molecule has 0 atom stereocenters. The largest absolute Gasteiger partial charge is 0.481 e. The number of nitrogens with one attached hydrogen (secondary N) is 1. The van der Waals surface area contributed by atoms with Gasteiger partial charge in [0.1, 0.15) is 0 Å². The smallest absolute Gasteiger partial charge is 0.309 e. The minimum absolute atomic E-state index is 0.298. The van der Waals surface area contributed by atoms with Crippen LogP contribution in [0, 0.1) is 5.41 Å². The maximum atomic E-state index is 10.9. The molecule has 0 heterocycles. The second-order valence-corrected chi connectivity index (χ2v) is 5.87. The molecule has 2 N–H and O–H groups in total. The third-order valence-electron chi connectivity index (χ3n) is 3.32. The van der Waals surface area contributed by atoms with E-state index in [9.17, 15) is 4.79 Å². The molecule has 1 fully saturated rings. The number of carboxylic acids is 1. The molecular formula is C13H25NO3. The van der Waals surface area contributed by atoms with Crippen molar-refractivity contribution in [3.8, 4) is 0 Å². The molecule has 1 aliphatic carbocycles. The van der Waals surface area contributed by atoms with Gasteiger partial charge in [-0.05, 0) is 53.5 Å². The second kappa shape index (κ2) is 5.83. The van der Waals surface area contributed by atoms with Gasteiger partial charge < -0.3 is 15.2 Å². The maximum absolute atomic E-state index is 10.9. The van der Waals surface area contributed by atoms with Gasteiger partial charge in [-0.1, -0.05) is 0 Å². The van der Waals surface area contributed by atoms with Crippen LogP contribution in [-0.4, -0.2) is 35.9 Å². The van der Waals surface area contributed by atoms with E-state index < -0.39 is 11.4 Å². The third-order valence-corrected chi connectivity index (χ3v) is 3.32. The summed E-state index contributed by atoms with van der Waals surface area (Å²) in [4.78, 5) is 10.9. The molecular weight excluding hydrogens is 218 g/mol. The van der Waals surface area contributed by atoms with Crippen molar-refractivity contribution in [3.05, 3.63) is 0 Å². The molecule has 0 aromatic rings. The molecule has 17 heavy (non-hydrogen) atoms. The Morgan fingerprint density at radius 2 is 2.06 bits per heavy atom. The second-order valence-electron chi connectivity index (χ2n) is 5.87. The van der Waals surface area contributed by atoms with E-state index in [2.05, 4.69) is 19.2 Å². The normalized spacial score (nSPS) is 24.8. The van der Waals surface area contributed by atoms with Gasteiger partial charge in [0.2, 0.25) is 0 Å². The predicted molar refractivity (Wildman–Crippen MR) is 67.1 cm³/mol. The molecule has 4 heteroatoms. The van der Waals surface area contributed by atoms with E-state index >= 15 is 0 Å². The van der Waals surface area contributed by atoms with Crippen LogP contribution in [0.5, 0.6) is 0 Å². The predicted octanol–water partition coefficient (Wildman–Crippen LogP) is 2.03. The summed E-state index contributed by atoms with van der Waals surface area (Å²) in [5.74, 6) is -0.728. The Balaban J connectivity index is 2.09. The van der Waals surface area contributed by atoms with Gasteiger partial charge in [0.05, 0.1) is 17.6 Å². The summed E-state index contributed by atoms with van der Waals surface area (Å²) >= 11 is 0. The first-order valence-electron chi connectivity index (χ1n) is 6.43. The third kappa shape index (κ3) is 4.64. The summed E-state index contributed by atoms with van der Waals surface area (Å²) in [5.41, 5.74) is -0.634. The van der Waals surface area contributed by atoms with Crippen LogP contribution in [-0.2, 0) is 9.53 Å². The summed E-state index contributed by atoms with van der Waals surface area (Å²) in [6.45, 7) is 8.40. The van der Waals surface area contributed by atoms with Crippen molar-refractivity contribution in [2.75, 3.05) is 6.54 Å². The first kappa shape index (κ1) is 14.5. The van der Waals surface area contributed by atoms with Crippen LogP contribution in [0.15, 0.2) is 0 Å². The average Bonchev–Trinajstić information content (AvgIpc) is 2.12. The number of ether oxygens (including phenoxy) is 1.